The van der Waals surface area contributed by atoms with Gasteiger partial charge in [-0.05, 0) is 12.1 Å². The first-order chi connectivity index (χ1) is 5.75. The Morgan fingerprint density at radius 3 is 3.08 bits per heavy atom. The maximum atomic E-state index is 10.6. The monoisotopic (exact) mass is 163 g/mol. The Balaban J connectivity index is 2.89. The summed E-state index contributed by atoms with van der Waals surface area (Å²) in [4.78, 5) is 14.1. The first kappa shape index (κ1) is 6.84. The van der Waals surface area contributed by atoms with E-state index in [1.54, 1.807) is 6.07 Å². The first-order valence-electron chi connectivity index (χ1n) is 3.34. The van der Waals surface area contributed by atoms with Crippen LogP contribution in [0.15, 0.2) is 33.6 Å². The number of phenolic OH excluding ortho intramolecular Hbond substituents is 1. The van der Waals surface area contributed by atoms with Gasteiger partial charge in [-0.25, -0.2) is 4.79 Å². The molecule has 1 heterocycles. The number of fused-ring (bicyclic) bond motifs is 1. The van der Waals surface area contributed by atoms with Gasteiger partial charge < -0.3 is 9.52 Å². The van der Waals surface area contributed by atoms with Crippen LogP contribution in [0, 0.1) is 0 Å². The highest BCUT2D eigenvalue weighted by molar-refractivity contribution is 5.76. The number of hydrogen-bond acceptors (Lipinski definition) is 4. The van der Waals surface area contributed by atoms with Crippen LogP contribution in [0.25, 0.3) is 11.0 Å². The van der Waals surface area contributed by atoms with Gasteiger partial charge in [0, 0.05) is 17.6 Å². The highest BCUT2D eigenvalue weighted by Gasteiger charge is 1.97. The average molecular weight is 163 g/mol. The van der Waals surface area contributed by atoms with Gasteiger partial charge in [-0.2, -0.15) is 4.98 Å². The minimum atomic E-state index is -0.659. The van der Waals surface area contributed by atoms with Crippen molar-refractivity contribution in [3.63, 3.8) is 0 Å². The predicted octanol–water partition coefficient (Wildman–Crippen LogP) is 0.894. The minimum Gasteiger partial charge on any atom is -0.508 e. The van der Waals surface area contributed by atoms with Gasteiger partial charge in [0.05, 0.1) is 0 Å². The third-order valence-electron chi connectivity index (χ3n) is 1.50. The van der Waals surface area contributed by atoms with Crippen LogP contribution in [-0.2, 0) is 0 Å². The smallest absolute Gasteiger partial charge is 0.439 e. The second-order valence-corrected chi connectivity index (χ2v) is 2.35. The molecule has 0 fully saturated rings. The van der Waals surface area contributed by atoms with Gasteiger partial charge in [0.2, 0.25) is 0 Å². The molecule has 4 heteroatoms. The van der Waals surface area contributed by atoms with Crippen LogP contribution < -0.4 is 5.76 Å². The molecule has 0 amide bonds. The van der Waals surface area contributed by atoms with Crippen molar-refractivity contribution >= 4 is 11.0 Å². The summed E-state index contributed by atoms with van der Waals surface area (Å²) >= 11 is 0. The maximum absolute atomic E-state index is 10.6. The molecule has 60 valence electrons. The fourth-order valence-corrected chi connectivity index (χ4v) is 0.961. The molecule has 0 saturated carbocycles. The van der Waals surface area contributed by atoms with Crippen LogP contribution in [0.1, 0.15) is 0 Å². The number of aromatic hydroxyl groups is 1. The van der Waals surface area contributed by atoms with Crippen molar-refractivity contribution in [3.8, 4) is 5.75 Å². The molecule has 0 spiro atoms. The molecule has 0 aliphatic rings. The molecule has 0 aliphatic carbocycles. The normalized spacial score (nSPS) is 10.3. The molecule has 0 bridgehead atoms. The van der Waals surface area contributed by atoms with E-state index in [1.807, 2.05) is 0 Å². The number of rotatable bonds is 0. The summed E-state index contributed by atoms with van der Waals surface area (Å²) in [7, 11) is 0. The van der Waals surface area contributed by atoms with Gasteiger partial charge in [0.1, 0.15) is 11.3 Å². The summed E-state index contributed by atoms with van der Waals surface area (Å²) < 4.78 is 4.72. The zero-order valence-electron chi connectivity index (χ0n) is 6.02. The number of benzene rings is 1. The number of phenols is 1. The van der Waals surface area contributed by atoms with Crippen LogP contribution >= 0.6 is 0 Å². The maximum Gasteiger partial charge on any atom is 0.439 e. The van der Waals surface area contributed by atoms with Crippen molar-refractivity contribution in [3.05, 3.63) is 34.9 Å². The molecule has 12 heavy (non-hydrogen) atoms. The molecule has 0 radical (unpaired) electrons. The topological polar surface area (TPSA) is 63.3 Å². The molecule has 0 saturated heterocycles. The number of nitrogens with zero attached hydrogens (tertiary/aromatic N) is 1. The largest absolute Gasteiger partial charge is 0.508 e. The molecule has 0 atom stereocenters. The van der Waals surface area contributed by atoms with Gasteiger partial charge in [-0.1, -0.05) is 0 Å². The lowest BCUT2D eigenvalue weighted by Gasteiger charge is -1.94. The molecule has 2 aromatic rings. The molecule has 4 nitrogen and oxygen atoms in total. The molecular formula is C8H5NO3. The van der Waals surface area contributed by atoms with Crippen molar-refractivity contribution in [2.45, 2.75) is 0 Å². The van der Waals surface area contributed by atoms with E-state index >= 15 is 0 Å². The van der Waals surface area contributed by atoms with Crippen molar-refractivity contribution in [1.29, 1.82) is 0 Å². The Morgan fingerprint density at radius 1 is 1.42 bits per heavy atom. The van der Waals surface area contributed by atoms with Crippen molar-refractivity contribution in [2.75, 3.05) is 0 Å². The van der Waals surface area contributed by atoms with E-state index in [0.29, 0.717) is 11.0 Å². The second kappa shape index (κ2) is 2.34. The van der Waals surface area contributed by atoms with Crippen LogP contribution in [-0.4, -0.2) is 10.1 Å². The fraction of sp³-hybridized carbons (Fsp3) is 0. The summed E-state index contributed by atoms with van der Waals surface area (Å²) in [5.74, 6) is -0.593. The summed E-state index contributed by atoms with van der Waals surface area (Å²) in [6.45, 7) is 0. The second-order valence-electron chi connectivity index (χ2n) is 2.35. The minimum absolute atomic E-state index is 0.0665. The van der Waals surface area contributed by atoms with Gasteiger partial charge in [0.15, 0.2) is 0 Å². The third kappa shape index (κ3) is 1.03. The lowest BCUT2D eigenvalue weighted by Crippen LogP contribution is -2.01. The standard InChI is InChI=1S/C8H5NO3/c10-6-2-1-5-4-9-8(11)12-7(5)3-6/h1-4,10H. The SMILES string of the molecule is O=c1ncc2ccc(O)cc2o1. The van der Waals surface area contributed by atoms with E-state index in [-0.39, 0.29) is 5.75 Å². The van der Waals surface area contributed by atoms with E-state index in [1.165, 1.54) is 18.3 Å². The van der Waals surface area contributed by atoms with E-state index in [2.05, 4.69) is 4.98 Å². The zero-order valence-corrected chi connectivity index (χ0v) is 6.02. The fourth-order valence-electron chi connectivity index (χ4n) is 0.961. The molecule has 1 aromatic carbocycles. The Labute approximate surface area is 67.1 Å². The summed E-state index contributed by atoms with van der Waals surface area (Å²) in [6, 6.07) is 4.50. The van der Waals surface area contributed by atoms with E-state index < -0.39 is 5.76 Å². The van der Waals surface area contributed by atoms with E-state index in [9.17, 15) is 4.79 Å². The highest BCUT2D eigenvalue weighted by atomic mass is 16.4. The van der Waals surface area contributed by atoms with Gasteiger partial charge in [0.25, 0.3) is 0 Å². The molecule has 1 aromatic heterocycles. The van der Waals surface area contributed by atoms with Crippen molar-refractivity contribution in [2.24, 2.45) is 0 Å². The Morgan fingerprint density at radius 2 is 2.25 bits per heavy atom. The molecule has 1 N–H and O–H groups in total. The van der Waals surface area contributed by atoms with Gasteiger partial charge >= 0.3 is 5.76 Å². The Hall–Kier alpha value is -1.84. The molecule has 0 aliphatic heterocycles. The van der Waals surface area contributed by atoms with Crippen LogP contribution in [0.2, 0.25) is 0 Å². The highest BCUT2D eigenvalue weighted by Crippen LogP contribution is 2.16. The van der Waals surface area contributed by atoms with Crippen molar-refractivity contribution in [1.82, 2.24) is 4.98 Å². The first-order valence-corrected chi connectivity index (χ1v) is 3.34. The predicted molar refractivity (Wildman–Crippen MR) is 41.9 cm³/mol. The number of aromatic nitrogens is 1. The van der Waals surface area contributed by atoms with Crippen LogP contribution in [0.3, 0.4) is 0 Å². The Kier molecular flexibility index (Phi) is 1.33. The van der Waals surface area contributed by atoms with E-state index in [0.717, 1.165) is 0 Å². The number of hydrogen-bond donors (Lipinski definition) is 1. The summed E-state index contributed by atoms with van der Waals surface area (Å²) in [6.07, 6.45) is 1.40. The lowest BCUT2D eigenvalue weighted by molar-refractivity contribution is 0.471. The average Bonchev–Trinajstić information content (AvgIpc) is 2.03. The molecule has 2 rings (SSSR count). The molecule has 0 unspecified atom stereocenters. The van der Waals surface area contributed by atoms with Crippen LogP contribution in [0.5, 0.6) is 5.75 Å². The summed E-state index contributed by atoms with van der Waals surface area (Å²) in [5, 5.41) is 9.73. The quantitative estimate of drug-likeness (QED) is 0.626. The molecular weight excluding hydrogens is 158 g/mol. The third-order valence-corrected chi connectivity index (χ3v) is 1.50. The van der Waals surface area contributed by atoms with Gasteiger partial charge in [-0.15, -0.1) is 0 Å². The van der Waals surface area contributed by atoms with Crippen molar-refractivity contribution < 1.29 is 9.52 Å². The van der Waals surface area contributed by atoms with E-state index in [4.69, 9.17) is 9.52 Å². The summed E-state index contributed by atoms with van der Waals surface area (Å²) in [5.41, 5.74) is 0.343. The Bertz CT molecular complexity index is 475. The van der Waals surface area contributed by atoms with Crippen LogP contribution in [0.4, 0.5) is 0 Å². The zero-order chi connectivity index (χ0) is 8.55. The van der Waals surface area contributed by atoms with Gasteiger partial charge in [-0.3, -0.25) is 0 Å². The lowest BCUT2D eigenvalue weighted by atomic mass is 10.2.